The van der Waals surface area contributed by atoms with Crippen molar-refractivity contribution in [3.63, 3.8) is 0 Å². The van der Waals surface area contributed by atoms with Crippen molar-refractivity contribution in [3.05, 3.63) is 35.6 Å². The Morgan fingerprint density at radius 1 is 1.25 bits per heavy atom. The van der Waals surface area contributed by atoms with Crippen molar-refractivity contribution in [2.45, 2.75) is 13.0 Å². The first-order valence-corrected chi connectivity index (χ1v) is 5.48. The minimum atomic E-state index is -0.0940. The third-order valence-electron chi connectivity index (χ3n) is 3.05. The van der Waals surface area contributed by atoms with E-state index < -0.39 is 0 Å². The molecule has 1 heterocycles. The van der Waals surface area contributed by atoms with Crippen LogP contribution in [0.3, 0.4) is 0 Å². The van der Waals surface area contributed by atoms with Crippen LogP contribution in [0.1, 0.15) is 18.5 Å². The van der Waals surface area contributed by atoms with E-state index >= 15 is 0 Å². The molecular formula is C12H18ClFN2. The van der Waals surface area contributed by atoms with E-state index in [9.17, 15) is 4.39 Å². The molecule has 0 radical (unpaired) electrons. The molecule has 0 saturated carbocycles. The highest BCUT2D eigenvalue weighted by atomic mass is 35.5. The molecule has 0 aromatic heterocycles. The van der Waals surface area contributed by atoms with Crippen LogP contribution in [-0.4, -0.2) is 31.1 Å². The lowest BCUT2D eigenvalue weighted by Gasteiger charge is -2.33. The second-order valence-corrected chi connectivity index (χ2v) is 3.98. The summed E-state index contributed by atoms with van der Waals surface area (Å²) in [5.74, 6) is -0.0940. The fourth-order valence-electron chi connectivity index (χ4n) is 2.08. The summed E-state index contributed by atoms with van der Waals surface area (Å²) in [4.78, 5) is 2.31. The predicted octanol–water partition coefficient (Wildman–Crippen LogP) is 2.21. The predicted molar refractivity (Wildman–Crippen MR) is 66.5 cm³/mol. The van der Waals surface area contributed by atoms with E-state index in [4.69, 9.17) is 0 Å². The molecule has 0 bridgehead atoms. The molecule has 1 aromatic rings. The normalized spacial score (nSPS) is 18.9. The summed E-state index contributed by atoms with van der Waals surface area (Å²) in [6, 6.07) is 7.23. The number of nitrogens with zero attached hydrogens (tertiary/aromatic N) is 1. The number of hydrogen-bond donors (Lipinski definition) is 1. The fraction of sp³-hybridized carbons (Fsp3) is 0.500. The van der Waals surface area contributed by atoms with Crippen LogP contribution in [0.15, 0.2) is 24.3 Å². The molecule has 1 aliphatic rings. The second-order valence-electron chi connectivity index (χ2n) is 3.98. The van der Waals surface area contributed by atoms with Crippen LogP contribution in [0.4, 0.5) is 4.39 Å². The Labute approximate surface area is 102 Å². The largest absolute Gasteiger partial charge is 0.314 e. The standard InChI is InChI=1S/C12H17FN2.ClH/c1-10(15-8-6-14-7-9-15)11-4-2-3-5-12(11)13;/h2-5,10,14H,6-9H2,1H3;1H/t10-;/m1./s1. The van der Waals surface area contributed by atoms with Gasteiger partial charge in [-0.05, 0) is 13.0 Å². The molecule has 16 heavy (non-hydrogen) atoms. The van der Waals surface area contributed by atoms with Crippen molar-refractivity contribution >= 4 is 12.4 Å². The fourth-order valence-corrected chi connectivity index (χ4v) is 2.08. The SMILES string of the molecule is C[C@H](c1ccccc1F)N1CCNCC1.Cl. The quantitative estimate of drug-likeness (QED) is 0.858. The molecule has 1 N–H and O–H groups in total. The second kappa shape index (κ2) is 6.18. The molecule has 1 aliphatic heterocycles. The maximum Gasteiger partial charge on any atom is 0.127 e. The van der Waals surface area contributed by atoms with Crippen LogP contribution >= 0.6 is 12.4 Å². The van der Waals surface area contributed by atoms with E-state index in [2.05, 4.69) is 17.1 Å². The maximum absolute atomic E-state index is 13.6. The molecule has 0 amide bonds. The maximum atomic E-state index is 13.6. The summed E-state index contributed by atoms with van der Waals surface area (Å²) in [6.45, 7) is 6.06. The minimum Gasteiger partial charge on any atom is -0.314 e. The van der Waals surface area contributed by atoms with Gasteiger partial charge in [-0.2, -0.15) is 0 Å². The Kier molecular flexibility index (Phi) is 5.19. The average molecular weight is 245 g/mol. The highest BCUT2D eigenvalue weighted by Gasteiger charge is 2.19. The first kappa shape index (κ1) is 13.4. The average Bonchev–Trinajstić information content (AvgIpc) is 2.30. The van der Waals surface area contributed by atoms with Crippen LogP contribution in [0.2, 0.25) is 0 Å². The topological polar surface area (TPSA) is 15.3 Å². The number of hydrogen-bond acceptors (Lipinski definition) is 2. The Balaban J connectivity index is 0.00000128. The lowest BCUT2D eigenvalue weighted by Crippen LogP contribution is -2.44. The lowest BCUT2D eigenvalue weighted by molar-refractivity contribution is 0.182. The van der Waals surface area contributed by atoms with Crippen molar-refractivity contribution in [3.8, 4) is 0 Å². The highest BCUT2D eigenvalue weighted by molar-refractivity contribution is 5.85. The molecule has 1 aromatic carbocycles. The molecule has 1 fully saturated rings. The number of rotatable bonds is 2. The molecule has 2 nitrogen and oxygen atoms in total. The highest BCUT2D eigenvalue weighted by Crippen LogP contribution is 2.22. The van der Waals surface area contributed by atoms with Crippen molar-refractivity contribution in [1.29, 1.82) is 0 Å². The Morgan fingerprint density at radius 3 is 2.50 bits per heavy atom. The van der Waals surface area contributed by atoms with Gasteiger partial charge in [-0.3, -0.25) is 4.90 Å². The van der Waals surface area contributed by atoms with Gasteiger partial charge in [0.25, 0.3) is 0 Å². The zero-order chi connectivity index (χ0) is 10.7. The van der Waals surface area contributed by atoms with Crippen molar-refractivity contribution in [2.24, 2.45) is 0 Å². The van der Waals surface area contributed by atoms with Gasteiger partial charge >= 0.3 is 0 Å². The lowest BCUT2D eigenvalue weighted by atomic mass is 10.1. The van der Waals surface area contributed by atoms with Crippen molar-refractivity contribution in [1.82, 2.24) is 10.2 Å². The van der Waals surface area contributed by atoms with Gasteiger partial charge in [0.1, 0.15) is 5.82 Å². The smallest absolute Gasteiger partial charge is 0.127 e. The molecule has 0 spiro atoms. The zero-order valence-electron chi connectivity index (χ0n) is 9.45. The van der Waals surface area contributed by atoms with Crippen LogP contribution in [0.5, 0.6) is 0 Å². The van der Waals surface area contributed by atoms with Crippen LogP contribution in [0.25, 0.3) is 0 Å². The van der Waals surface area contributed by atoms with Gasteiger partial charge in [-0.25, -0.2) is 4.39 Å². The van der Waals surface area contributed by atoms with Gasteiger partial charge in [0, 0.05) is 37.8 Å². The van der Waals surface area contributed by atoms with Crippen molar-refractivity contribution < 1.29 is 4.39 Å². The van der Waals surface area contributed by atoms with E-state index in [0.29, 0.717) is 0 Å². The number of halogens is 2. The first-order chi connectivity index (χ1) is 7.29. The molecule has 0 aliphatic carbocycles. The van der Waals surface area contributed by atoms with E-state index in [-0.39, 0.29) is 24.3 Å². The number of nitrogens with one attached hydrogen (secondary N) is 1. The van der Waals surface area contributed by atoms with Crippen molar-refractivity contribution in [2.75, 3.05) is 26.2 Å². The van der Waals surface area contributed by atoms with E-state index in [1.807, 2.05) is 12.1 Å². The molecule has 0 unspecified atom stereocenters. The number of piperazine rings is 1. The third-order valence-corrected chi connectivity index (χ3v) is 3.05. The van der Waals surface area contributed by atoms with Gasteiger partial charge in [-0.15, -0.1) is 12.4 Å². The summed E-state index contributed by atoms with van der Waals surface area (Å²) in [7, 11) is 0. The summed E-state index contributed by atoms with van der Waals surface area (Å²) in [5, 5.41) is 3.30. The monoisotopic (exact) mass is 244 g/mol. The van der Waals surface area contributed by atoms with E-state index in [1.54, 1.807) is 6.07 Å². The Morgan fingerprint density at radius 2 is 1.88 bits per heavy atom. The molecular weight excluding hydrogens is 227 g/mol. The molecule has 4 heteroatoms. The Bertz CT molecular complexity index is 327. The Hall–Kier alpha value is -0.640. The first-order valence-electron chi connectivity index (χ1n) is 5.48. The summed E-state index contributed by atoms with van der Waals surface area (Å²) >= 11 is 0. The van der Waals surface area contributed by atoms with Gasteiger partial charge < -0.3 is 5.32 Å². The van der Waals surface area contributed by atoms with Gasteiger partial charge in [0.2, 0.25) is 0 Å². The van der Waals surface area contributed by atoms with Gasteiger partial charge in [-0.1, -0.05) is 18.2 Å². The summed E-state index contributed by atoms with van der Waals surface area (Å²) in [5.41, 5.74) is 0.805. The van der Waals surface area contributed by atoms with Crippen LogP contribution < -0.4 is 5.32 Å². The zero-order valence-corrected chi connectivity index (χ0v) is 10.3. The summed E-state index contributed by atoms with van der Waals surface area (Å²) < 4.78 is 13.6. The van der Waals surface area contributed by atoms with Gasteiger partial charge in [0.15, 0.2) is 0 Å². The molecule has 2 rings (SSSR count). The molecule has 1 saturated heterocycles. The van der Waals surface area contributed by atoms with Crippen LogP contribution in [0, 0.1) is 5.82 Å². The summed E-state index contributed by atoms with van der Waals surface area (Å²) in [6.07, 6.45) is 0. The van der Waals surface area contributed by atoms with E-state index in [1.165, 1.54) is 6.07 Å². The molecule has 90 valence electrons. The van der Waals surface area contributed by atoms with E-state index in [0.717, 1.165) is 31.7 Å². The molecule has 1 atom stereocenters. The number of benzene rings is 1. The third kappa shape index (κ3) is 2.94. The van der Waals surface area contributed by atoms with Crippen LogP contribution in [-0.2, 0) is 0 Å². The van der Waals surface area contributed by atoms with Gasteiger partial charge in [0.05, 0.1) is 0 Å². The minimum absolute atomic E-state index is 0.